The fourth-order valence-corrected chi connectivity index (χ4v) is 2.12. The summed E-state index contributed by atoms with van der Waals surface area (Å²) in [5, 5.41) is 5.53. The van der Waals surface area contributed by atoms with E-state index in [2.05, 4.69) is 24.5 Å². The molecule has 0 atom stereocenters. The molecule has 2 rings (SSSR count). The van der Waals surface area contributed by atoms with E-state index in [0.29, 0.717) is 17.3 Å². The third-order valence-corrected chi connectivity index (χ3v) is 3.53. The molecule has 0 unspecified atom stereocenters. The second-order valence-corrected chi connectivity index (χ2v) is 5.75. The second-order valence-electron chi connectivity index (χ2n) is 5.75. The summed E-state index contributed by atoms with van der Waals surface area (Å²) in [7, 11) is 0. The van der Waals surface area contributed by atoms with Gasteiger partial charge in [0, 0.05) is 11.4 Å². The molecule has 0 aliphatic rings. The number of carbonyl (C=O) groups excluding carboxylic acids is 1. The molecule has 0 aromatic heterocycles. The highest BCUT2D eigenvalue weighted by molar-refractivity contribution is 5.93. The molecular weight excluding hydrogens is 317 g/mol. The van der Waals surface area contributed by atoms with Crippen molar-refractivity contribution in [2.75, 3.05) is 17.2 Å². The number of nitrogens with one attached hydrogen (secondary N) is 2. The first-order valence-electron chi connectivity index (χ1n) is 7.56. The van der Waals surface area contributed by atoms with Crippen molar-refractivity contribution in [3.05, 3.63) is 59.7 Å². The number of benzene rings is 2. The summed E-state index contributed by atoms with van der Waals surface area (Å²) in [4.78, 5) is 11.9. The molecule has 2 aromatic rings. The lowest BCUT2D eigenvalue weighted by Gasteiger charge is -2.11. The van der Waals surface area contributed by atoms with Crippen LogP contribution in [0.2, 0.25) is 0 Å². The fourth-order valence-electron chi connectivity index (χ4n) is 2.12. The van der Waals surface area contributed by atoms with E-state index in [9.17, 15) is 18.0 Å². The van der Waals surface area contributed by atoms with Crippen LogP contribution in [0.25, 0.3) is 0 Å². The van der Waals surface area contributed by atoms with Crippen LogP contribution in [-0.2, 0) is 11.0 Å². The maximum atomic E-state index is 12.5. The molecule has 2 N–H and O–H groups in total. The molecule has 0 fully saturated rings. The third-order valence-electron chi connectivity index (χ3n) is 3.53. The highest BCUT2D eigenvalue weighted by atomic mass is 19.4. The van der Waals surface area contributed by atoms with Crippen LogP contribution in [0.3, 0.4) is 0 Å². The van der Waals surface area contributed by atoms with E-state index >= 15 is 0 Å². The lowest BCUT2D eigenvalue weighted by Crippen LogP contribution is -2.21. The number of hydrogen-bond donors (Lipinski definition) is 2. The standard InChI is InChI=1S/C18H19F3N2O/c1-12(2)13-3-7-16(8-4-13)23-17(24)11-22-15-9-5-14(6-10-15)18(19,20)21/h3-10,12,22H,11H2,1-2H3,(H,23,24). The van der Waals surface area contributed by atoms with Crippen LogP contribution in [0.5, 0.6) is 0 Å². The molecule has 24 heavy (non-hydrogen) atoms. The molecule has 0 bridgehead atoms. The second kappa shape index (κ2) is 7.38. The van der Waals surface area contributed by atoms with Gasteiger partial charge < -0.3 is 10.6 Å². The van der Waals surface area contributed by atoms with Gasteiger partial charge in [0.2, 0.25) is 5.91 Å². The summed E-state index contributed by atoms with van der Waals surface area (Å²) in [5.41, 5.74) is 1.59. The van der Waals surface area contributed by atoms with Gasteiger partial charge in [-0.05, 0) is 47.9 Å². The zero-order valence-electron chi connectivity index (χ0n) is 13.4. The summed E-state index contributed by atoms with van der Waals surface area (Å²) in [6, 6.07) is 12.1. The average Bonchev–Trinajstić information content (AvgIpc) is 2.53. The third kappa shape index (κ3) is 5.01. The molecule has 1 amide bonds. The molecule has 6 heteroatoms. The van der Waals surface area contributed by atoms with Crippen LogP contribution in [0.15, 0.2) is 48.5 Å². The van der Waals surface area contributed by atoms with Gasteiger partial charge in [0.1, 0.15) is 0 Å². The average molecular weight is 336 g/mol. The Labute approximate surface area is 138 Å². The number of amides is 1. The summed E-state index contributed by atoms with van der Waals surface area (Å²) in [6.07, 6.45) is -4.36. The predicted octanol–water partition coefficient (Wildman–Crippen LogP) is 4.88. The number of anilines is 2. The normalized spacial score (nSPS) is 11.4. The molecule has 0 saturated heterocycles. The van der Waals surface area contributed by atoms with Crippen molar-refractivity contribution < 1.29 is 18.0 Å². The van der Waals surface area contributed by atoms with Gasteiger partial charge in [0.05, 0.1) is 12.1 Å². The number of rotatable bonds is 5. The van der Waals surface area contributed by atoms with Crippen LogP contribution >= 0.6 is 0 Å². The molecule has 128 valence electrons. The minimum atomic E-state index is -4.36. The zero-order chi connectivity index (χ0) is 17.7. The molecule has 3 nitrogen and oxygen atoms in total. The van der Waals surface area contributed by atoms with Crippen LogP contribution in [0.1, 0.15) is 30.9 Å². The lowest BCUT2D eigenvalue weighted by molar-refractivity contribution is -0.137. The zero-order valence-corrected chi connectivity index (χ0v) is 13.4. The first kappa shape index (κ1) is 17.8. The lowest BCUT2D eigenvalue weighted by atomic mass is 10.0. The summed E-state index contributed by atoms with van der Waals surface area (Å²) >= 11 is 0. The minimum Gasteiger partial charge on any atom is -0.376 e. The Morgan fingerprint density at radius 1 is 0.958 bits per heavy atom. The number of carbonyl (C=O) groups is 1. The highest BCUT2D eigenvalue weighted by Crippen LogP contribution is 2.29. The molecule has 0 saturated carbocycles. The fraction of sp³-hybridized carbons (Fsp3) is 0.278. The van der Waals surface area contributed by atoms with Crippen molar-refractivity contribution >= 4 is 17.3 Å². The Balaban J connectivity index is 1.86. The summed E-state index contributed by atoms with van der Waals surface area (Å²) < 4.78 is 37.4. The maximum Gasteiger partial charge on any atom is 0.416 e. The van der Waals surface area contributed by atoms with Gasteiger partial charge in [-0.1, -0.05) is 26.0 Å². The highest BCUT2D eigenvalue weighted by Gasteiger charge is 2.29. The van der Waals surface area contributed by atoms with E-state index < -0.39 is 11.7 Å². The van der Waals surface area contributed by atoms with Crippen LogP contribution in [-0.4, -0.2) is 12.5 Å². The topological polar surface area (TPSA) is 41.1 Å². The van der Waals surface area contributed by atoms with Crippen LogP contribution < -0.4 is 10.6 Å². The number of hydrogen-bond acceptors (Lipinski definition) is 2. The quantitative estimate of drug-likeness (QED) is 0.817. The van der Waals surface area contributed by atoms with Crippen LogP contribution in [0.4, 0.5) is 24.5 Å². The summed E-state index contributed by atoms with van der Waals surface area (Å²) in [5.74, 6) is 0.142. The van der Waals surface area contributed by atoms with Gasteiger partial charge in [-0.2, -0.15) is 13.2 Å². The van der Waals surface area contributed by atoms with Crippen LogP contribution in [0, 0.1) is 0 Å². The number of alkyl halides is 3. The molecule has 0 heterocycles. The first-order valence-corrected chi connectivity index (χ1v) is 7.56. The Kier molecular flexibility index (Phi) is 5.49. The van der Waals surface area contributed by atoms with Crippen molar-refractivity contribution in [1.82, 2.24) is 0 Å². The van der Waals surface area contributed by atoms with E-state index in [1.54, 1.807) is 0 Å². The molecule has 0 aliphatic carbocycles. The van der Waals surface area contributed by atoms with Crippen molar-refractivity contribution in [3.8, 4) is 0 Å². The van der Waals surface area contributed by atoms with Gasteiger partial charge in [-0.15, -0.1) is 0 Å². The SMILES string of the molecule is CC(C)c1ccc(NC(=O)CNc2ccc(C(F)(F)F)cc2)cc1. The molecular formula is C18H19F3N2O. The monoisotopic (exact) mass is 336 g/mol. The van der Waals surface area contributed by atoms with Gasteiger partial charge in [0.25, 0.3) is 0 Å². The smallest absolute Gasteiger partial charge is 0.376 e. The molecule has 0 spiro atoms. The maximum absolute atomic E-state index is 12.5. The Morgan fingerprint density at radius 2 is 1.50 bits per heavy atom. The van der Waals surface area contributed by atoms with Crippen molar-refractivity contribution in [3.63, 3.8) is 0 Å². The minimum absolute atomic E-state index is 0.0305. The van der Waals surface area contributed by atoms with Crippen molar-refractivity contribution in [1.29, 1.82) is 0 Å². The summed E-state index contributed by atoms with van der Waals surface area (Å²) in [6.45, 7) is 4.14. The van der Waals surface area contributed by atoms with Gasteiger partial charge >= 0.3 is 6.18 Å². The van der Waals surface area contributed by atoms with Crippen molar-refractivity contribution in [2.45, 2.75) is 25.9 Å². The van der Waals surface area contributed by atoms with Crippen molar-refractivity contribution in [2.24, 2.45) is 0 Å². The predicted molar refractivity (Wildman–Crippen MR) is 89.1 cm³/mol. The van der Waals surface area contributed by atoms with E-state index in [1.165, 1.54) is 17.7 Å². The largest absolute Gasteiger partial charge is 0.416 e. The van der Waals surface area contributed by atoms with Gasteiger partial charge in [-0.25, -0.2) is 0 Å². The Hall–Kier alpha value is -2.50. The molecule has 0 radical (unpaired) electrons. The Bertz CT molecular complexity index is 677. The van der Waals surface area contributed by atoms with E-state index in [1.807, 2.05) is 24.3 Å². The molecule has 0 aliphatic heterocycles. The number of halogens is 3. The van der Waals surface area contributed by atoms with Gasteiger partial charge in [-0.3, -0.25) is 4.79 Å². The van der Waals surface area contributed by atoms with Gasteiger partial charge in [0.15, 0.2) is 0 Å². The first-order chi connectivity index (χ1) is 11.3. The van der Waals surface area contributed by atoms with E-state index in [4.69, 9.17) is 0 Å². The molecule has 2 aromatic carbocycles. The van der Waals surface area contributed by atoms with E-state index in [0.717, 1.165) is 12.1 Å². The Morgan fingerprint density at radius 3 is 2.00 bits per heavy atom. The van der Waals surface area contributed by atoms with E-state index in [-0.39, 0.29) is 12.5 Å².